The topological polar surface area (TPSA) is 38.8 Å². The molecular formula is C17H19Br2NO3. The predicted octanol–water partition coefficient (Wildman–Crippen LogP) is 3.80. The lowest BCUT2D eigenvalue weighted by atomic mass is 9.79. The monoisotopic (exact) mass is 443 g/mol. The molecule has 3 atom stereocenters. The van der Waals surface area contributed by atoms with E-state index in [0.29, 0.717) is 13.2 Å². The number of nitrogens with zero attached hydrogens (tertiary/aromatic N) is 1. The van der Waals surface area contributed by atoms with E-state index in [1.807, 2.05) is 50.3 Å². The number of benzene rings is 1. The van der Waals surface area contributed by atoms with E-state index in [0.717, 1.165) is 8.96 Å². The number of carbonyl (C=O) groups is 1. The van der Waals surface area contributed by atoms with Crippen LogP contribution >= 0.6 is 31.9 Å². The van der Waals surface area contributed by atoms with Crippen molar-refractivity contribution in [2.24, 2.45) is 5.92 Å². The molecule has 3 rings (SSSR count). The normalized spacial score (nSPS) is 30.1. The van der Waals surface area contributed by atoms with Crippen molar-refractivity contribution in [3.63, 3.8) is 0 Å². The number of hydroxylamine groups is 2. The second-order valence-corrected chi connectivity index (χ2v) is 9.17. The Hall–Kier alpha value is -0.530. The number of rotatable bonds is 3. The van der Waals surface area contributed by atoms with E-state index in [4.69, 9.17) is 9.57 Å². The van der Waals surface area contributed by atoms with Gasteiger partial charge in [-0.05, 0) is 57.3 Å². The Morgan fingerprint density at radius 2 is 2.04 bits per heavy atom. The first kappa shape index (κ1) is 17.3. The summed E-state index contributed by atoms with van der Waals surface area (Å²) in [5, 5.41) is 1.76. The molecule has 23 heavy (non-hydrogen) atoms. The molecule has 2 aliphatic rings. The Morgan fingerprint density at radius 1 is 1.35 bits per heavy atom. The van der Waals surface area contributed by atoms with Gasteiger partial charge in [-0.2, -0.15) is 5.06 Å². The molecule has 2 saturated heterocycles. The van der Waals surface area contributed by atoms with Crippen molar-refractivity contribution in [1.29, 1.82) is 0 Å². The summed E-state index contributed by atoms with van der Waals surface area (Å²) in [5.41, 5.74) is 0.562. The molecule has 0 N–H and O–H groups in total. The minimum Gasteiger partial charge on any atom is -0.365 e. The minimum absolute atomic E-state index is 0.186. The van der Waals surface area contributed by atoms with Gasteiger partial charge in [0.15, 0.2) is 5.78 Å². The smallest absolute Gasteiger partial charge is 0.163 e. The predicted molar refractivity (Wildman–Crippen MR) is 95.1 cm³/mol. The highest BCUT2D eigenvalue weighted by atomic mass is 79.9. The van der Waals surface area contributed by atoms with E-state index in [9.17, 15) is 4.79 Å². The van der Waals surface area contributed by atoms with E-state index < -0.39 is 11.6 Å². The highest BCUT2D eigenvalue weighted by Crippen LogP contribution is 2.39. The van der Waals surface area contributed by atoms with Gasteiger partial charge >= 0.3 is 0 Å². The number of Topliss-reactive ketones (excluding diaryl/α,β-unsaturated/α-hetero) is 1. The molecule has 2 aliphatic heterocycles. The van der Waals surface area contributed by atoms with Crippen molar-refractivity contribution in [3.05, 3.63) is 45.4 Å². The van der Waals surface area contributed by atoms with Crippen molar-refractivity contribution in [3.8, 4) is 0 Å². The number of halogens is 2. The first-order valence-corrected chi connectivity index (χ1v) is 9.15. The maximum atomic E-state index is 13.0. The van der Waals surface area contributed by atoms with Crippen LogP contribution in [-0.2, 0) is 20.9 Å². The molecule has 124 valence electrons. The van der Waals surface area contributed by atoms with E-state index in [1.54, 1.807) is 5.06 Å². The van der Waals surface area contributed by atoms with Crippen LogP contribution in [0.2, 0.25) is 0 Å². The van der Waals surface area contributed by atoms with Crippen LogP contribution in [0, 0.1) is 5.92 Å². The van der Waals surface area contributed by atoms with Crippen molar-refractivity contribution in [2.45, 2.75) is 38.1 Å². The fourth-order valence-corrected chi connectivity index (χ4v) is 3.72. The standard InChI is InChI=1S/C17H19Br2NO3/c1-17(2)12-10-22-20(9-11-6-4-3-5-7-11)15(16(12)21)13(23-17)8-14(18)19/h3-8,12-13,15H,9-10H2,1-2H3/t12-,13+,15-/m0/s1. The van der Waals surface area contributed by atoms with Crippen LogP contribution < -0.4 is 0 Å². The highest BCUT2D eigenvalue weighted by molar-refractivity contribution is 9.28. The molecule has 2 fully saturated rings. The lowest BCUT2D eigenvalue weighted by Crippen LogP contribution is -2.66. The van der Waals surface area contributed by atoms with Gasteiger partial charge in [-0.25, -0.2) is 0 Å². The molecule has 6 heteroatoms. The van der Waals surface area contributed by atoms with Gasteiger partial charge < -0.3 is 4.74 Å². The second kappa shape index (κ2) is 6.76. The zero-order chi connectivity index (χ0) is 16.6. The van der Waals surface area contributed by atoms with Gasteiger partial charge in [0.2, 0.25) is 0 Å². The average Bonchev–Trinajstić information content (AvgIpc) is 2.45. The third-order valence-corrected chi connectivity index (χ3v) is 4.94. The lowest BCUT2D eigenvalue weighted by Gasteiger charge is -2.51. The van der Waals surface area contributed by atoms with Gasteiger partial charge in [-0.3, -0.25) is 9.63 Å². The number of hydrogen-bond donors (Lipinski definition) is 0. The number of hydrogen-bond acceptors (Lipinski definition) is 4. The molecule has 0 spiro atoms. The molecular weight excluding hydrogens is 426 g/mol. The van der Waals surface area contributed by atoms with E-state index >= 15 is 0 Å². The molecule has 1 aromatic rings. The van der Waals surface area contributed by atoms with Crippen LogP contribution in [0.1, 0.15) is 19.4 Å². The largest absolute Gasteiger partial charge is 0.365 e. The van der Waals surface area contributed by atoms with Crippen LogP contribution in [0.15, 0.2) is 39.8 Å². The van der Waals surface area contributed by atoms with Gasteiger partial charge in [0, 0.05) is 0 Å². The Bertz CT molecular complexity index is 614. The summed E-state index contributed by atoms with van der Waals surface area (Å²) in [6, 6.07) is 9.55. The molecule has 1 aromatic carbocycles. The zero-order valence-corrected chi connectivity index (χ0v) is 16.2. The van der Waals surface area contributed by atoms with Crippen molar-refractivity contribution >= 4 is 37.6 Å². The first-order chi connectivity index (χ1) is 10.9. The Labute approximate surface area is 153 Å². The lowest BCUT2D eigenvalue weighted by molar-refractivity contribution is -0.286. The van der Waals surface area contributed by atoms with E-state index in [-0.39, 0.29) is 17.8 Å². The summed E-state index contributed by atoms with van der Waals surface area (Å²) in [7, 11) is 0. The molecule has 2 heterocycles. The summed E-state index contributed by atoms with van der Waals surface area (Å²) >= 11 is 6.74. The number of carbonyl (C=O) groups excluding carboxylic acids is 1. The minimum atomic E-state index is -0.539. The second-order valence-electron chi connectivity index (χ2n) is 6.40. The van der Waals surface area contributed by atoms with Crippen molar-refractivity contribution in [2.75, 3.05) is 6.61 Å². The fraction of sp³-hybridized carbons (Fsp3) is 0.471. The molecule has 0 aliphatic carbocycles. The van der Waals surface area contributed by atoms with Gasteiger partial charge in [0.1, 0.15) is 12.1 Å². The van der Waals surface area contributed by atoms with E-state index in [1.165, 1.54) is 0 Å². The summed E-state index contributed by atoms with van der Waals surface area (Å²) in [4.78, 5) is 18.9. The van der Waals surface area contributed by atoms with Crippen LogP contribution in [0.4, 0.5) is 0 Å². The van der Waals surface area contributed by atoms with E-state index in [2.05, 4.69) is 31.9 Å². The van der Waals surface area contributed by atoms with Crippen LogP contribution in [0.5, 0.6) is 0 Å². The molecule has 0 unspecified atom stereocenters. The first-order valence-electron chi connectivity index (χ1n) is 7.56. The summed E-state index contributed by atoms with van der Waals surface area (Å²) < 4.78 is 6.98. The zero-order valence-electron chi connectivity index (χ0n) is 13.0. The molecule has 0 saturated carbocycles. The SMILES string of the molecule is CC1(C)O[C@H](C=C(Br)Br)[C@H]2C(=O)[C@@H]1CON2Cc1ccccc1. The Balaban J connectivity index is 1.89. The van der Waals surface area contributed by atoms with Crippen molar-refractivity contribution < 1.29 is 14.4 Å². The Kier molecular flexibility index (Phi) is 5.09. The maximum absolute atomic E-state index is 13.0. The summed E-state index contributed by atoms with van der Waals surface area (Å²) in [5.74, 6) is -0.0517. The summed E-state index contributed by atoms with van der Waals surface area (Å²) in [6.07, 6.45) is 1.50. The number of fused-ring (bicyclic) bond motifs is 2. The molecule has 0 amide bonds. The van der Waals surface area contributed by atoms with Crippen molar-refractivity contribution in [1.82, 2.24) is 5.06 Å². The van der Waals surface area contributed by atoms with Crippen LogP contribution in [0.3, 0.4) is 0 Å². The van der Waals surface area contributed by atoms with Crippen LogP contribution in [0.25, 0.3) is 0 Å². The third-order valence-electron chi connectivity index (χ3n) is 4.41. The van der Waals surface area contributed by atoms with Gasteiger partial charge in [0.05, 0.1) is 28.1 Å². The Morgan fingerprint density at radius 3 is 2.70 bits per heavy atom. The third kappa shape index (κ3) is 3.61. The fourth-order valence-electron chi connectivity index (χ4n) is 3.20. The number of ketones is 1. The molecule has 0 aromatic heterocycles. The van der Waals surface area contributed by atoms with Crippen LogP contribution in [-0.4, -0.2) is 35.2 Å². The van der Waals surface area contributed by atoms with Gasteiger partial charge in [-0.15, -0.1) is 0 Å². The van der Waals surface area contributed by atoms with Gasteiger partial charge in [-0.1, -0.05) is 30.3 Å². The highest BCUT2D eigenvalue weighted by Gasteiger charge is 2.54. The average molecular weight is 445 g/mol. The number of ether oxygens (including phenoxy) is 1. The quantitative estimate of drug-likeness (QED) is 0.710. The maximum Gasteiger partial charge on any atom is 0.163 e. The molecule has 0 radical (unpaired) electrons. The van der Waals surface area contributed by atoms with Gasteiger partial charge in [0.25, 0.3) is 0 Å². The molecule has 4 nitrogen and oxygen atoms in total. The molecule has 2 bridgehead atoms. The summed E-state index contributed by atoms with van der Waals surface area (Å²) in [6.45, 7) is 4.81.